The Labute approximate surface area is 140 Å². The molecular weight excluding hydrogens is 336 g/mol. The second kappa shape index (κ2) is 7.02. The van der Waals surface area contributed by atoms with Crippen molar-refractivity contribution in [2.45, 2.75) is 24.8 Å². The van der Waals surface area contributed by atoms with Crippen molar-refractivity contribution in [3.8, 4) is 0 Å². The highest BCUT2D eigenvalue weighted by atomic mass is 35.5. The summed E-state index contributed by atoms with van der Waals surface area (Å²) in [6.07, 6.45) is 0. The van der Waals surface area contributed by atoms with Crippen LogP contribution in [0.3, 0.4) is 0 Å². The van der Waals surface area contributed by atoms with E-state index >= 15 is 0 Å². The normalized spacial score (nSPS) is 11.3. The number of amides is 1. The molecule has 0 radical (unpaired) electrons. The molecule has 122 valence electrons. The lowest BCUT2D eigenvalue weighted by Crippen LogP contribution is -2.31. The number of hydrogen-bond acceptors (Lipinski definition) is 3. The zero-order chi connectivity index (χ0) is 17.0. The van der Waals surface area contributed by atoms with Crippen LogP contribution in [0, 0.1) is 0 Å². The summed E-state index contributed by atoms with van der Waals surface area (Å²) in [7, 11) is -3.80. The summed E-state index contributed by atoms with van der Waals surface area (Å²) in [6, 6.07) is 12.2. The minimum absolute atomic E-state index is 0.0524. The van der Waals surface area contributed by atoms with Crippen LogP contribution in [0.4, 0.5) is 5.69 Å². The first-order chi connectivity index (χ1) is 10.8. The summed E-state index contributed by atoms with van der Waals surface area (Å²) in [4.78, 5) is 12.2. The second-order valence-electron chi connectivity index (χ2n) is 5.23. The van der Waals surface area contributed by atoms with E-state index in [9.17, 15) is 13.2 Å². The molecule has 0 spiro atoms. The Morgan fingerprint density at radius 1 is 1.04 bits per heavy atom. The van der Waals surface area contributed by atoms with E-state index in [1.807, 2.05) is 13.8 Å². The highest BCUT2D eigenvalue weighted by Gasteiger charge is 2.18. The number of benzene rings is 2. The minimum atomic E-state index is -3.80. The molecule has 2 N–H and O–H groups in total. The maximum absolute atomic E-state index is 12.4. The summed E-state index contributed by atoms with van der Waals surface area (Å²) in [5.41, 5.74) is 0.485. The molecule has 1 amide bonds. The Morgan fingerprint density at radius 3 is 2.26 bits per heavy atom. The lowest BCUT2D eigenvalue weighted by Gasteiger charge is -2.14. The molecule has 0 fully saturated rings. The van der Waals surface area contributed by atoms with Crippen LogP contribution in [0.2, 0.25) is 5.02 Å². The largest absolute Gasteiger partial charge is 0.350 e. The van der Waals surface area contributed by atoms with Crippen LogP contribution in [0.15, 0.2) is 53.4 Å². The van der Waals surface area contributed by atoms with Gasteiger partial charge in [-0.05, 0) is 50.2 Å². The average Bonchev–Trinajstić information content (AvgIpc) is 2.47. The molecule has 0 bridgehead atoms. The van der Waals surface area contributed by atoms with Crippen molar-refractivity contribution in [1.82, 2.24) is 5.32 Å². The van der Waals surface area contributed by atoms with Crippen molar-refractivity contribution in [2.75, 3.05) is 4.72 Å². The number of sulfonamides is 1. The van der Waals surface area contributed by atoms with Crippen LogP contribution >= 0.6 is 11.6 Å². The van der Waals surface area contributed by atoms with Crippen molar-refractivity contribution in [2.24, 2.45) is 0 Å². The highest BCUT2D eigenvalue weighted by Crippen LogP contribution is 2.21. The number of carbonyl (C=O) groups is 1. The molecule has 0 heterocycles. The Kier molecular flexibility index (Phi) is 5.28. The Balaban J connectivity index is 2.33. The van der Waals surface area contributed by atoms with E-state index in [0.717, 1.165) is 0 Å². The van der Waals surface area contributed by atoms with Crippen molar-refractivity contribution in [1.29, 1.82) is 0 Å². The first-order valence-electron chi connectivity index (χ1n) is 6.98. The predicted molar refractivity (Wildman–Crippen MR) is 91.3 cm³/mol. The molecule has 0 saturated carbocycles. The summed E-state index contributed by atoms with van der Waals surface area (Å²) in [5.74, 6) is -0.339. The molecule has 0 unspecified atom stereocenters. The smallest absolute Gasteiger partial charge is 0.261 e. The Bertz CT molecular complexity index is 802. The van der Waals surface area contributed by atoms with E-state index in [-0.39, 0.29) is 28.1 Å². The van der Waals surface area contributed by atoms with E-state index in [0.29, 0.717) is 5.02 Å². The predicted octanol–water partition coefficient (Wildman–Crippen LogP) is 3.28. The standard InChI is InChI=1S/C16H17ClN2O3S/c1-11(2)18-16(20)14-5-3-4-6-15(14)19-23(21,22)13-9-7-12(17)8-10-13/h3-11,19H,1-2H3,(H,18,20). The van der Waals surface area contributed by atoms with E-state index in [2.05, 4.69) is 10.0 Å². The van der Waals surface area contributed by atoms with Gasteiger partial charge in [-0.2, -0.15) is 0 Å². The molecule has 0 atom stereocenters. The van der Waals surface area contributed by atoms with Crippen LogP contribution in [0.25, 0.3) is 0 Å². The van der Waals surface area contributed by atoms with Crippen LogP contribution in [0.1, 0.15) is 24.2 Å². The zero-order valence-corrected chi connectivity index (χ0v) is 14.3. The van der Waals surface area contributed by atoms with Crippen LogP contribution in [-0.4, -0.2) is 20.4 Å². The van der Waals surface area contributed by atoms with Gasteiger partial charge in [-0.3, -0.25) is 9.52 Å². The number of hydrogen-bond donors (Lipinski definition) is 2. The molecule has 2 aromatic carbocycles. The van der Waals surface area contributed by atoms with Gasteiger partial charge in [0.05, 0.1) is 16.1 Å². The molecule has 0 aliphatic heterocycles. The topological polar surface area (TPSA) is 75.3 Å². The molecule has 0 aliphatic rings. The summed E-state index contributed by atoms with van der Waals surface area (Å²) in [6.45, 7) is 3.66. The molecular formula is C16H17ClN2O3S. The van der Waals surface area contributed by atoms with Gasteiger partial charge in [0.1, 0.15) is 0 Å². The van der Waals surface area contributed by atoms with Gasteiger partial charge in [-0.15, -0.1) is 0 Å². The van der Waals surface area contributed by atoms with Crippen LogP contribution < -0.4 is 10.0 Å². The molecule has 2 rings (SSSR count). The average molecular weight is 353 g/mol. The van der Waals surface area contributed by atoms with Crippen LogP contribution in [-0.2, 0) is 10.0 Å². The fourth-order valence-corrected chi connectivity index (χ4v) is 3.13. The van der Waals surface area contributed by atoms with Gasteiger partial charge >= 0.3 is 0 Å². The van der Waals surface area contributed by atoms with E-state index in [1.54, 1.807) is 24.3 Å². The zero-order valence-electron chi connectivity index (χ0n) is 12.7. The number of nitrogens with one attached hydrogen (secondary N) is 2. The van der Waals surface area contributed by atoms with E-state index in [1.165, 1.54) is 24.3 Å². The van der Waals surface area contributed by atoms with Crippen molar-refractivity contribution < 1.29 is 13.2 Å². The van der Waals surface area contributed by atoms with Gasteiger partial charge in [0.25, 0.3) is 15.9 Å². The monoisotopic (exact) mass is 352 g/mol. The quantitative estimate of drug-likeness (QED) is 0.867. The molecule has 2 aromatic rings. The number of carbonyl (C=O) groups excluding carboxylic acids is 1. The van der Waals surface area contributed by atoms with Crippen molar-refractivity contribution in [3.05, 3.63) is 59.1 Å². The number of para-hydroxylation sites is 1. The minimum Gasteiger partial charge on any atom is -0.350 e. The lowest BCUT2D eigenvalue weighted by molar-refractivity contribution is 0.0944. The third-order valence-corrected chi connectivity index (χ3v) is 4.59. The molecule has 0 aliphatic carbocycles. The Hall–Kier alpha value is -2.05. The SMILES string of the molecule is CC(C)NC(=O)c1ccccc1NS(=O)(=O)c1ccc(Cl)cc1. The Morgan fingerprint density at radius 2 is 1.65 bits per heavy atom. The third-order valence-electron chi connectivity index (χ3n) is 2.96. The molecule has 0 saturated heterocycles. The second-order valence-corrected chi connectivity index (χ2v) is 7.35. The summed E-state index contributed by atoms with van der Waals surface area (Å²) >= 11 is 5.77. The van der Waals surface area contributed by atoms with E-state index < -0.39 is 10.0 Å². The van der Waals surface area contributed by atoms with Gasteiger partial charge in [0, 0.05) is 11.1 Å². The van der Waals surface area contributed by atoms with Gasteiger partial charge in [-0.1, -0.05) is 23.7 Å². The molecule has 0 aromatic heterocycles. The number of anilines is 1. The van der Waals surface area contributed by atoms with Gasteiger partial charge in [0.15, 0.2) is 0 Å². The highest BCUT2D eigenvalue weighted by molar-refractivity contribution is 7.92. The van der Waals surface area contributed by atoms with Crippen molar-refractivity contribution in [3.63, 3.8) is 0 Å². The summed E-state index contributed by atoms with van der Waals surface area (Å²) < 4.78 is 27.3. The first kappa shape index (κ1) is 17.3. The fraction of sp³-hybridized carbons (Fsp3) is 0.188. The molecule has 7 heteroatoms. The number of halogens is 1. The molecule has 23 heavy (non-hydrogen) atoms. The lowest BCUT2D eigenvalue weighted by atomic mass is 10.1. The van der Waals surface area contributed by atoms with Gasteiger partial charge in [-0.25, -0.2) is 8.42 Å². The fourth-order valence-electron chi connectivity index (χ4n) is 1.93. The van der Waals surface area contributed by atoms with Crippen molar-refractivity contribution >= 4 is 33.2 Å². The number of rotatable bonds is 5. The van der Waals surface area contributed by atoms with Gasteiger partial charge in [0.2, 0.25) is 0 Å². The van der Waals surface area contributed by atoms with Crippen LogP contribution in [0.5, 0.6) is 0 Å². The maximum atomic E-state index is 12.4. The first-order valence-corrected chi connectivity index (χ1v) is 8.84. The maximum Gasteiger partial charge on any atom is 0.261 e. The molecule has 5 nitrogen and oxygen atoms in total. The summed E-state index contributed by atoms with van der Waals surface area (Å²) in [5, 5.41) is 3.19. The third kappa shape index (κ3) is 4.46. The van der Waals surface area contributed by atoms with E-state index in [4.69, 9.17) is 11.6 Å². The van der Waals surface area contributed by atoms with Gasteiger partial charge < -0.3 is 5.32 Å².